The van der Waals surface area contributed by atoms with E-state index in [0.717, 1.165) is 0 Å². The fraction of sp³-hybridized carbons (Fsp3) is 0.0769. The summed E-state index contributed by atoms with van der Waals surface area (Å²) >= 11 is 0. The quantitative estimate of drug-likeness (QED) is 0.747. The highest BCUT2D eigenvalue weighted by Crippen LogP contribution is 2.33. The van der Waals surface area contributed by atoms with Gasteiger partial charge in [-0.3, -0.25) is 5.01 Å². The number of nitrogens with one attached hydrogen (secondary N) is 1. The average Bonchev–Trinajstić information content (AvgIpc) is 3.11. The van der Waals surface area contributed by atoms with E-state index in [0.29, 0.717) is 6.17 Å². The molecule has 0 saturated carbocycles. The molecule has 1 atom stereocenters. The Balaban J connectivity index is 1.81. The molecule has 15 heavy (non-hydrogen) atoms. The second-order valence-electron chi connectivity index (χ2n) is 3.65. The summed E-state index contributed by atoms with van der Waals surface area (Å²) in [6, 6.07) is 20.8. The number of benzene rings is 2. The van der Waals surface area contributed by atoms with E-state index in [2.05, 4.69) is 59.0 Å². The van der Waals surface area contributed by atoms with Gasteiger partial charge in [0.15, 0.2) is 0 Å². The van der Waals surface area contributed by atoms with Crippen LogP contribution in [0.3, 0.4) is 0 Å². The zero-order valence-corrected chi connectivity index (χ0v) is 8.30. The fourth-order valence-electron chi connectivity index (χ4n) is 1.77. The lowest BCUT2D eigenvalue weighted by molar-refractivity contribution is 1.07. The first-order valence-corrected chi connectivity index (χ1v) is 5.10. The summed E-state index contributed by atoms with van der Waals surface area (Å²) in [6.07, 6.45) is 0.341. The molecule has 2 aromatic carbocycles. The van der Waals surface area contributed by atoms with Gasteiger partial charge in [0, 0.05) is 0 Å². The molecular formula is C13H12N2. The van der Waals surface area contributed by atoms with E-state index < -0.39 is 0 Å². The number of hydrogen-bond acceptors (Lipinski definition) is 2. The van der Waals surface area contributed by atoms with Gasteiger partial charge in [-0.1, -0.05) is 48.5 Å². The van der Waals surface area contributed by atoms with Crippen molar-refractivity contribution in [3.05, 3.63) is 66.2 Å². The number of anilines is 1. The minimum Gasteiger partial charge on any atom is -0.283 e. The number of para-hydroxylation sites is 1. The Labute approximate surface area is 89.1 Å². The van der Waals surface area contributed by atoms with Gasteiger partial charge in [-0.15, -0.1) is 0 Å². The fourth-order valence-corrected chi connectivity index (χ4v) is 1.77. The van der Waals surface area contributed by atoms with E-state index in [4.69, 9.17) is 0 Å². The minimum atomic E-state index is 0.341. The maximum Gasteiger partial charge on any atom is 0.137 e. The maximum absolute atomic E-state index is 3.33. The predicted molar refractivity (Wildman–Crippen MR) is 61.2 cm³/mol. The van der Waals surface area contributed by atoms with Crippen LogP contribution in [0.25, 0.3) is 0 Å². The monoisotopic (exact) mass is 196 g/mol. The largest absolute Gasteiger partial charge is 0.283 e. The molecule has 1 heterocycles. The van der Waals surface area contributed by atoms with Gasteiger partial charge in [0.25, 0.3) is 0 Å². The average molecular weight is 196 g/mol. The van der Waals surface area contributed by atoms with Gasteiger partial charge >= 0.3 is 0 Å². The first-order chi connectivity index (χ1) is 7.45. The van der Waals surface area contributed by atoms with Crippen molar-refractivity contribution in [1.29, 1.82) is 0 Å². The van der Waals surface area contributed by atoms with Gasteiger partial charge in [0.1, 0.15) is 6.17 Å². The lowest BCUT2D eigenvalue weighted by Gasteiger charge is -2.01. The van der Waals surface area contributed by atoms with Crippen molar-refractivity contribution in [3.63, 3.8) is 0 Å². The van der Waals surface area contributed by atoms with E-state index in [9.17, 15) is 0 Å². The molecule has 74 valence electrons. The van der Waals surface area contributed by atoms with Gasteiger partial charge in [0.05, 0.1) is 5.69 Å². The van der Waals surface area contributed by atoms with Gasteiger partial charge in [-0.25, -0.2) is 5.43 Å². The molecule has 1 N–H and O–H groups in total. The normalized spacial score (nSPS) is 18.9. The van der Waals surface area contributed by atoms with Crippen LogP contribution in [0.4, 0.5) is 5.69 Å². The molecule has 1 aliphatic heterocycles. The van der Waals surface area contributed by atoms with Crippen LogP contribution in [0.2, 0.25) is 0 Å². The number of hydrazine groups is 1. The zero-order chi connectivity index (χ0) is 10.1. The molecule has 1 aliphatic rings. The summed E-state index contributed by atoms with van der Waals surface area (Å²) in [5, 5.41) is 2.16. The molecule has 0 amide bonds. The maximum atomic E-state index is 3.33. The Morgan fingerprint density at radius 3 is 2.07 bits per heavy atom. The van der Waals surface area contributed by atoms with Crippen molar-refractivity contribution >= 4 is 5.69 Å². The van der Waals surface area contributed by atoms with E-state index in [1.807, 2.05) is 12.1 Å². The van der Waals surface area contributed by atoms with Crippen LogP contribution < -0.4 is 10.4 Å². The van der Waals surface area contributed by atoms with Crippen LogP contribution in [-0.2, 0) is 0 Å². The summed E-state index contributed by atoms with van der Waals surface area (Å²) in [4.78, 5) is 0. The van der Waals surface area contributed by atoms with Crippen LogP contribution in [0.5, 0.6) is 0 Å². The Hall–Kier alpha value is -1.80. The zero-order valence-electron chi connectivity index (χ0n) is 8.30. The Morgan fingerprint density at radius 1 is 0.800 bits per heavy atom. The van der Waals surface area contributed by atoms with Gasteiger partial charge in [0.2, 0.25) is 0 Å². The minimum absolute atomic E-state index is 0.341. The molecule has 1 fully saturated rings. The Bertz CT molecular complexity index is 395. The molecule has 0 aliphatic carbocycles. The van der Waals surface area contributed by atoms with Gasteiger partial charge < -0.3 is 0 Å². The van der Waals surface area contributed by atoms with Crippen LogP contribution in [0.15, 0.2) is 60.7 Å². The summed E-state index contributed by atoms with van der Waals surface area (Å²) in [5.74, 6) is 0. The van der Waals surface area contributed by atoms with Crippen LogP contribution >= 0.6 is 0 Å². The van der Waals surface area contributed by atoms with E-state index in [1.165, 1.54) is 11.3 Å². The van der Waals surface area contributed by atoms with Crippen molar-refractivity contribution in [2.24, 2.45) is 0 Å². The van der Waals surface area contributed by atoms with E-state index in [-0.39, 0.29) is 0 Å². The number of rotatable bonds is 2. The second kappa shape index (κ2) is 3.41. The number of nitrogens with zero attached hydrogens (tertiary/aromatic N) is 1. The van der Waals surface area contributed by atoms with Crippen molar-refractivity contribution < 1.29 is 0 Å². The smallest absolute Gasteiger partial charge is 0.137 e. The summed E-state index contributed by atoms with van der Waals surface area (Å²) in [5.41, 5.74) is 5.86. The molecule has 0 spiro atoms. The van der Waals surface area contributed by atoms with Crippen molar-refractivity contribution in [2.45, 2.75) is 6.17 Å². The standard InChI is InChI=1S/C13H12N2/c1-3-7-11(8-4-1)13-14-15(13)12-9-5-2-6-10-12/h1-10,13-14H. The highest BCUT2D eigenvalue weighted by atomic mass is 15.7. The summed E-state index contributed by atoms with van der Waals surface area (Å²) in [7, 11) is 0. The molecule has 3 rings (SSSR count). The van der Waals surface area contributed by atoms with Crippen molar-refractivity contribution in [3.8, 4) is 0 Å². The SMILES string of the molecule is c1ccc(C2NN2c2ccccc2)cc1. The third-order valence-electron chi connectivity index (χ3n) is 2.60. The van der Waals surface area contributed by atoms with E-state index >= 15 is 0 Å². The predicted octanol–water partition coefficient (Wildman–Crippen LogP) is 2.71. The molecule has 0 bridgehead atoms. The second-order valence-corrected chi connectivity index (χ2v) is 3.65. The molecule has 0 radical (unpaired) electrons. The Kier molecular flexibility index (Phi) is 1.93. The van der Waals surface area contributed by atoms with Crippen LogP contribution in [-0.4, -0.2) is 0 Å². The molecule has 2 heteroatoms. The Morgan fingerprint density at radius 2 is 1.40 bits per heavy atom. The molecule has 1 unspecified atom stereocenters. The van der Waals surface area contributed by atoms with Crippen molar-refractivity contribution in [1.82, 2.24) is 5.43 Å². The lowest BCUT2D eigenvalue weighted by atomic mass is 10.2. The van der Waals surface area contributed by atoms with Crippen molar-refractivity contribution in [2.75, 3.05) is 5.01 Å². The first-order valence-electron chi connectivity index (χ1n) is 5.10. The molecule has 1 saturated heterocycles. The first kappa shape index (κ1) is 8.50. The topological polar surface area (TPSA) is 25.0 Å². The third kappa shape index (κ3) is 1.60. The molecule has 2 aromatic rings. The highest BCUT2D eigenvalue weighted by molar-refractivity contribution is 5.52. The summed E-state index contributed by atoms with van der Waals surface area (Å²) < 4.78 is 0. The van der Waals surface area contributed by atoms with Gasteiger partial charge in [-0.2, -0.15) is 0 Å². The van der Waals surface area contributed by atoms with Gasteiger partial charge in [-0.05, 0) is 17.7 Å². The number of hydrogen-bond donors (Lipinski definition) is 1. The summed E-state index contributed by atoms with van der Waals surface area (Å²) in [6.45, 7) is 0. The highest BCUT2D eigenvalue weighted by Gasteiger charge is 2.34. The van der Waals surface area contributed by atoms with Crippen LogP contribution in [0, 0.1) is 0 Å². The third-order valence-corrected chi connectivity index (χ3v) is 2.60. The van der Waals surface area contributed by atoms with Crippen LogP contribution in [0.1, 0.15) is 11.7 Å². The lowest BCUT2D eigenvalue weighted by Crippen LogP contribution is -1.95. The molecule has 0 aromatic heterocycles. The molecular weight excluding hydrogens is 184 g/mol. The molecule has 2 nitrogen and oxygen atoms in total. The van der Waals surface area contributed by atoms with E-state index in [1.54, 1.807) is 0 Å².